The summed E-state index contributed by atoms with van der Waals surface area (Å²) in [5.74, 6) is -14.7. The number of aliphatic carboxylic acids is 4. The van der Waals surface area contributed by atoms with Crippen molar-refractivity contribution >= 4 is 47.6 Å². The molecule has 1 aliphatic rings. The highest BCUT2D eigenvalue weighted by atomic mass is 19.2. The van der Waals surface area contributed by atoms with Gasteiger partial charge >= 0.3 is 29.8 Å². The van der Waals surface area contributed by atoms with Crippen LogP contribution in [0.2, 0.25) is 0 Å². The van der Waals surface area contributed by atoms with E-state index >= 15 is 0 Å². The van der Waals surface area contributed by atoms with E-state index < -0.39 is 76.9 Å². The van der Waals surface area contributed by atoms with Gasteiger partial charge in [0, 0.05) is 97.4 Å². The Morgan fingerprint density at radius 1 is 0.500 bits per heavy atom. The van der Waals surface area contributed by atoms with E-state index in [0.717, 1.165) is 31.2 Å². The van der Waals surface area contributed by atoms with Crippen molar-refractivity contribution < 1.29 is 119 Å². The van der Waals surface area contributed by atoms with Crippen molar-refractivity contribution in [2.24, 2.45) is 0 Å². The molecule has 96 heavy (non-hydrogen) atoms. The normalized spacial score (nSPS) is 14.9. The minimum absolute atomic E-state index is 0.00851. The predicted octanol–water partition coefficient (Wildman–Crippen LogP) is 3.23. The Balaban J connectivity index is 1.43. The van der Waals surface area contributed by atoms with Crippen LogP contribution >= 0.6 is 0 Å². The molecule has 0 bridgehead atoms. The topological polar surface area (TPSA) is 350 Å². The number of esters is 1. The third-order valence-electron chi connectivity index (χ3n) is 14.8. The number of hydrogen-bond acceptors (Lipinski definition) is 21. The SMILES string of the molecule is COCCOCCOCCOCCOCCOCCOCCC(=O)N[C@@H](CCCCNC(=O)CCCCC(=O)Oc1c(F)c(F)cc(F)c1F)C(=O)NCCCCCCCOc1ccc(C[C@H]2CN(CC(=O)O)CCN(CC(=O)O)CCN(CC(=O)O)CCN2CC(=O)O)cc1. The van der Waals surface area contributed by atoms with Crippen molar-refractivity contribution in [3.63, 3.8) is 0 Å². The first-order chi connectivity index (χ1) is 46.2. The third kappa shape index (κ3) is 40.1. The molecule has 0 saturated carbocycles. The van der Waals surface area contributed by atoms with Crippen molar-refractivity contribution in [1.82, 2.24) is 35.6 Å². The molecule has 7 N–H and O–H groups in total. The molecule has 544 valence electrons. The van der Waals surface area contributed by atoms with E-state index in [4.69, 9.17) is 37.9 Å². The lowest BCUT2D eigenvalue weighted by Gasteiger charge is -2.37. The number of amides is 3. The molecule has 1 fully saturated rings. The maximum Gasteiger partial charge on any atom is 0.317 e. The van der Waals surface area contributed by atoms with E-state index in [1.54, 1.807) is 38.8 Å². The molecule has 0 spiro atoms. The number of carboxylic acid groups (broad SMARTS) is 4. The van der Waals surface area contributed by atoms with Gasteiger partial charge in [0.05, 0.1) is 119 Å². The van der Waals surface area contributed by atoms with Gasteiger partial charge < -0.3 is 79.0 Å². The lowest BCUT2D eigenvalue weighted by atomic mass is 10.0. The summed E-state index contributed by atoms with van der Waals surface area (Å²) in [6.07, 6.45) is 5.17. The van der Waals surface area contributed by atoms with E-state index in [1.165, 1.54) is 0 Å². The molecular formula is C64H99F4N7O21. The van der Waals surface area contributed by atoms with Gasteiger partial charge in [-0.3, -0.25) is 58.0 Å². The molecule has 1 heterocycles. The first-order valence-corrected chi connectivity index (χ1v) is 32.6. The smallest absolute Gasteiger partial charge is 0.317 e. The van der Waals surface area contributed by atoms with Crippen LogP contribution in [0.4, 0.5) is 17.6 Å². The monoisotopic (exact) mass is 1380 g/mol. The number of rotatable bonds is 53. The Kier molecular flexibility index (Phi) is 44.8. The first-order valence-electron chi connectivity index (χ1n) is 32.6. The maximum atomic E-state index is 13.9. The van der Waals surface area contributed by atoms with Crippen LogP contribution in [0.1, 0.15) is 89.0 Å². The molecule has 2 atom stereocenters. The minimum Gasteiger partial charge on any atom is -0.494 e. The van der Waals surface area contributed by atoms with Gasteiger partial charge in [-0.1, -0.05) is 31.4 Å². The third-order valence-corrected chi connectivity index (χ3v) is 14.8. The number of nitrogens with zero attached hydrogens (tertiary/aromatic N) is 4. The number of unbranched alkanes of at least 4 members (excludes halogenated alkanes) is 6. The average molecular weight is 1380 g/mol. The van der Waals surface area contributed by atoms with Gasteiger partial charge in [-0.15, -0.1) is 0 Å². The summed E-state index contributed by atoms with van der Waals surface area (Å²) in [5.41, 5.74) is 0.819. The summed E-state index contributed by atoms with van der Waals surface area (Å²) in [6, 6.07) is 5.88. The second-order valence-corrected chi connectivity index (χ2v) is 22.6. The van der Waals surface area contributed by atoms with Crippen LogP contribution in [-0.4, -0.2) is 284 Å². The molecule has 0 aliphatic carbocycles. The molecule has 0 unspecified atom stereocenters. The summed E-state index contributed by atoms with van der Waals surface area (Å²) in [7, 11) is 1.61. The van der Waals surface area contributed by atoms with Crippen LogP contribution in [0, 0.1) is 23.3 Å². The van der Waals surface area contributed by atoms with Gasteiger partial charge in [0.25, 0.3) is 0 Å². The molecule has 32 heteroatoms. The van der Waals surface area contributed by atoms with E-state index in [0.29, 0.717) is 111 Å². The van der Waals surface area contributed by atoms with Gasteiger partial charge in [-0.2, -0.15) is 8.78 Å². The van der Waals surface area contributed by atoms with Crippen LogP contribution in [0.15, 0.2) is 30.3 Å². The fraction of sp³-hybridized carbons (Fsp3) is 0.688. The molecule has 1 aliphatic heterocycles. The molecule has 2 aromatic rings. The van der Waals surface area contributed by atoms with Crippen molar-refractivity contribution in [2.75, 3.05) is 185 Å². The zero-order chi connectivity index (χ0) is 70.1. The number of carboxylic acids is 4. The van der Waals surface area contributed by atoms with E-state index in [9.17, 15) is 76.3 Å². The number of nitrogens with one attached hydrogen (secondary N) is 3. The standard InChI is InChI=1S/C64H99F4N7O21/c1-88-29-30-90-33-34-92-37-38-94-40-39-93-36-35-91-32-31-89-28-18-55(77)71-53(11-7-9-19-69-54(76)12-5-6-13-60(86)96-63-61(67)51(65)42-52(66)62(63)68)64(87)70-20-8-3-2-4-10-27-95-50-16-14-48(15-17-50)41-49-43-74(46-58(82)83)24-23-72(44-56(78)79)21-22-73(45-57(80)81)25-26-75(49)47-59(84)85/h14-17,42,49,53H,2-13,18-41,43-47H2,1H3,(H,69,76)(H,70,87)(H,71,77)(H,78,79)(H,80,81)(H,82,83)(H,84,85)/t49-,53-/m0/s1. The van der Waals surface area contributed by atoms with Crippen molar-refractivity contribution in [2.45, 2.75) is 102 Å². The highest BCUT2D eigenvalue weighted by Gasteiger charge is 2.29. The van der Waals surface area contributed by atoms with E-state index in [2.05, 4.69) is 20.7 Å². The van der Waals surface area contributed by atoms with Crippen LogP contribution < -0.4 is 25.4 Å². The zero-order valence-electron chi connectivity index (χ0n) is 55.1. The second kappa shape index (κ2) is 51.5. The first kappa shape index (κ1) is 83.5. The predicted molar refractivity (Wildman–Crippen MR) is 338 cm³/mol. The number of hydrogen-bond donors (Lipinski definition) is 7. The molecular weight excluding hydrogens is 1280 g/mol. The fourth-order valence-corrected chi connectivity index (χ4v) is 9.83. The molecule has 0 radical (unpaired) electrons. The largest absolute Gasteiger partial charge is 0.494 e. The molecule has 1 saturated heterocycles. The van der Waals surface area contributed by atoms with Crippen LogP contribution in [0.5, 0.6) is 11.5 Å². The highest BCUT2D eigenvalue weighted by molar-refractivity contribution is 5.87. The number of carbonyl (C=O) groups excluding carboxylic acids is 4. The Bertz CT molecular complexity index is 2560. The summed E-state index contributed by atoms with van der Waals surface area (Å²) >= 11 is 0. The zero-order valence-corrected chi connectivity index (χ0v) is 55.1. The van der Waals surface area contributed by atoms with Gasteiger partial charge in [-0.05, 0) is 69.1 Å². The number of halogens is 4. The summed E-state index contributed by atoms with van der Waals surface area (Å²) < 4.78 is 103. The van der Waals surface area contributed by atoms with E-state index in [-0.39, 0.29) is 155 Å². The molecule has 0 aromatic heterocycles. The van der Waals surface area contributed by atoms with Gasteiger partial charge in [0.1, 0.15) is 11.8 Å². The molecule has 2 aromatic carbocycles. The quantitative estimate of drug-likeness (QED) is 0.0164. The second-order valence-electron chi connectivity index (χ2n) is 22.6. The van der Waals surface area contributed by atoms with Crippen molar-refractivity contribution in [3.8, 4) is 11.5 Å². The number of methoxy groups -OCH3 is 1. The van der Waals surface area contributed by atoms with Crippen molar-refractivity contribution in [1.29, 1.82) is 0 Å². The minimum atomic E-state index is -1.85. The summed E-state index contributed by atoms with van der Waals surface area (Å²) in [5, 5.41) is 47.3. The summed E-state index contributed by atoms with van der Waals surface area (Å²) in [4.78, 5) is 105. The van der Waals surface area contributed by atoms with E-state index in [1.807, 2.05) is 12.1 Å². The Labute approximate surface area is 557 Å². The lowest BCUT2D eigenvalue weighted by molar-refractivity contribution is -0.142. The summed E-state index contributed by atoms with van der Waals surface area (Å²) in [6.45, 7) is 5.73. The molecule has 28 nitrogen and oxygen atoms in total. The Hall–Kier alpha value is -6.72. The maximum absolute atomic E-state index is 13.9. The van der Waals surface area contributed by atoms with Crippen LogP contribution in [-0.2, 0) is 77.9 Å². The lowest BCUT2D eigenvalue weighted by Crippen LogP contribution is -2.53. The fourth-order valence-electron chi connectivity index (χ4n) is 9.83. The highest BCUT2D eigenvalue weighted by Crippen LogP contribution is 2.27. The Morgan fingerprint density at radius 2 is 0.969 bits per heavy atom. The Morgan fingerprint density at radius 3 is 1.52 bits per heavy atom. The number of ether oxygens (including phenoxy) is 9. The van der Waals surface area contributed by atoms with Gasteiger partial charge in [0.15, 0.2) is 11.6 Å². The van der Waals surface area contributed by atoms with Crippen molar-refractivity contribution in [3.05, 3.63) is 59.2 Å². The average Bonchev–Trinajstić information content (AvgIpc) is 0.851. The van der Waals surface area contributed by atoms with Crippen LogP contribution in [0.25, 0.3) is 0 Å². The van der Waals surface area contributed by atoms with Gasteiger partial charge in [-0.25, -0.2) is 8.78 Å². The number of carbonyl (C=O) groups is 8. The number of benzene rings is 2. The molecule has 3 rings (SSSR count). The van der Waals surface area contributed by atoms with Gasteiger partial charge in [0.2, 0.25) is 35.1 Å². The van der Waals surface area contributed by atoms with Crippen LogP contribution in [0.3, 0.4) is 0 Å². The molecule has 3 amide bonds.